The number of aliphatic hydroxyl groups is 1. The van der Waals surface area contributed by atoms with Gasteiger partial charge in [-0.3, -0.25) is 4.79 Å². The average Bonchev–Trinajstić information content (AvgIpc) is 2.93. The summed E-state index contributed by atoms with van der Waals surface area (Å²) >= 11 is 0. The van der Waals surface area contributed by atoms with Gasteiger partial charge in [0, 0.05) is 11.3 Å². The highest BCUT2D eigenvalue weighted by molar-refractivity contribution is 6.02. The van der Waals surface area contributed by atoms with Crippen LogP contribution in [0.1, 0.15) is 21.7 Å². The van der Waals surface area contributed by atoms with Crippen LogP contribution in [0.4, 0.5) is 5.69 Å². The van der Waals surface area contributed by atoms with Crippen LogP contribution in [0, 0.1) is 18.8 Å². The van der Waals surface area contributed by atoms with Crippen LogP contribution < -0.4 is 5.32 Å². The van der Waals surface area contributed by atoms with Crippen molar-refractivity contribution in [1.29, 1.82) is 0 Å². The van der Waals surface area contributed by atoms with Crippen molar-refractivity contribution in [2.75, 3.05) is 11.9 Å². The molecule has 1 aromatic heterocycles. The maximum atomic E-state index is 11.8. The summed E-state index contributed by atoms with van der Waals surface area (Å²) in [5.74, 6) is 5.37. The van der Waals surface area contributed by atoms with Gasteiger partial charge in [-0.25, -0.2) is 0 Å². The Morgan fingerprint density at radius 2 is 2.26 bits per heavy atom. The molecule has 1 amide bonds. The third kappa shape index (κ3) is 3.24. The van der Waals surface area contributed by atoms with Crippen LogP contribution in [0.2, 0.25) is 0 Å². The molecule has 0 saturated heterocycles. The Bertz CT molecular complexity index is 633. The van der Waals surface area contributed by atoms with Gasteiger partial charge < -0.3 is 14.8 Å². The number of hydrogen-bond acceptors (Lipinski definition) is 3. The van der Waals surface area contributed by atoms with Gasteiger partial charge in [0.05, 0.1) is 6.26 Å². The topological polar surface area (TPSA) is 62.5 Å². The number of aryl methyl sites for hydroxylation is 1. The summed E-state index contributed by atoms with van der Waals surface area (Å²) in [6.07, 6.45) is 1.45. The van der Waals surface area contributed by atoms with Crippen LogP contribution in [0.15, 0.2) is 41.0 Å². The summed E-state index contributed by atoms with van der Waals surface area (Å²) in [7, 11) is 0. The number of amides is 1. The second-order valence-electron chi connectivity index (χ2n) is 3.92. The van der Waals surface area contributed by atoms with Crippen molar-refractivity contribution >= 4 is 11.6 Å². The minimum absolute atomic E-state index is 0.171. The number of rotatable bonds is 2. The first-order chi connectivity index (χ1) is 9.20. The highest BCUT2D eigenvalue weighted by Crippen LogP contribution is 2.17. The fourth-order valence-corrected chi connectivity index (χ4v) is 1.61. The second kappa shape index (κ2) is 5.89. The van der Waals surface area contributed by atoms with E-state index in [1.54, 1.807) is 24.3 Å². The number of hydrogen-bond donors (Lipinski definition) is 2. The maximum Gasteiger partial charge on any atom is 0.291 e. The van der Waals surface area contributed by atoms with Crippen molar-refractivity contribution in [1.82, 2.24) is 0 Å². The maximum absolute atomic E-state index is 11.8. The zero-order valence-corrected chi connectivity index (χ0v) is 10.4. The average molecular weight is 255 g/mol. The van der Waals surface area contributed by atoms with E-state index in [1.807, 2.05) is 13.0 Å². The molecule has 1 aromatic carbocycles. The molecule has 0 atom stereocenters. The first-order valence-electron chi connectivity index (χ1n) is 5.76. The molecule has 4 heteroatoms. The zero-order chi connectivity index (χ0) is 13.7. The standard InChI is InChI=1S/C15H13NO3/c1-11-10-12(4-2-8-17)6-7-13(11)16-15(18)14-5-3-9-19-14/h3,5-7,9-10,17H,8H2,1H3,(H,16,18). The Hall–Kier alpha value is -2.51. The molecule has 0 unspecified atom stereocenters. The number of aliphatic hydroxyl groups excluding tert-OH is 1. The predicted molar refractivity (Wildman–Crippen MR) is 71.8 cm³/mol. The van der Waals surface area contributed by atoms with E-state index in [0.29, 0.717) is 5.69 Å². The molecular formula is C15H13NO3. The molecule has 0 saturated carbocycles. The number of carbonyl (C=O) groups is 1. The third-order valence-electron chi connectivity index (χ3n) is 2.53. The van der Waals surface area contributed by atoms with Gasteiger partial charge in [-0.15, -0.1) is 0 Å². The van der Waals surface area contributed by atoms with Crippen LogP contribution in [0.5, 0.6) is 0 Å². The molecule has 0 aliphatic rings. The minimum Gasteiger partial charge on any atom is -0.459 e. The molecular weight excluding hydrogens is 242 g/mol. The largest absolute Gasteiger partial charge is 0.459 e. The SMILES string of the molecule is Cc1cc(C#CCO)ccc1NC(=O)c1ccco1. The van der Waals surface area contributed by atoms with Crippen LogP contribution in [-0.2, 0) is 0 Å². The van der Waals surface area contributed by atoms with E-state index in [9.17, 15) is 4.79 Å². The van der Waals surface area contributed by atoms with Crippen molar-refractivity contribution < 1.29 is 14.3 Å². The van der Waals surface area contributed by atoms with Crippen molar-refractivity contribution in [3.05, 3.63) is 53.5 Å². The molecule has 1 heterocycles. The molecule has 2 rings (SSSR count). The molecule has 0 bridgehead atoms. The van der Waals surface area contributed by atoms with Gasteiger partial charge in [-0.2, -0.15) is 0 Å². The van der Waals surface area contributed by atoms with E-state index in [4.69, 9.17) is 9.52 Å². The predicted octanol–water partition coefficient (Wildman–Crippen LogP) is 2.18. The van der Waals surface area contributed by atoms with E-state index >= 15 is 0 Å². The quantitative estimate of drug-likeness (QED) is 0.808. The summed E-state index contributed by atoms with van der Waals surface area (Å²) < 4.78 is 5.02. The van der Waals surface area contributed by atoms with E-state index < -0.39 is 0 Å². The molecule has 2 aromatic rings. The van der Waals surface area contributed by atoms with Crippen LogP contribution in [-0.4, -0.2) is 17.6 Å². The van der Waals surface area contributed by atoms with Crippen LogP contribution in [0.3, 0.4) is 0 Å². The lowest BCUT2D eigenvalue weighted by Crippen LogP contribution is -2.11. The van der Waals surface area contributed by atoms with Gasteiger partial charge in [0.15, 0.2) is 5.76 Å². The summed E-state index contributed by atoms with van der Waals surface area (Å²) in [6, 6.07) is 8.67. The smallest absolute Gasteiger partial charge is 0.291 e. The van der Waals surface area contributed by atoms with Crippen molar-refractivity contribution in [3.8, 4) is 11.8 Å². The molecule has 0 radical (unpaired) electrons. The lowest BCUT2D eigenvalue weighted by molar-refractivity contribution is 0.0996. The molecule has 4 nitrogen and oxygen atoms in total. The van der Waals surface area contributed by atoms with Gasteiger partial charge in [0.25, 0.3) is 5.91 Å². The van der Waals surface area contributed by atoms with E-state index in [-0.39, 0.29) is 18.3 Å². The van der Waals surface area contributed by atoms with Gasteiger partial charge in [-0.05, 0) is 42.8 Å². The van der Waals surface area contributed by atoms with Crippen LogP contribution in [0.25, 0.3) is 0 Å². The van der Waals surface area contributed by atoms with E-state index in [1.165, 1.54) is 6.26 Å². The Labute approximate surface area is 111 Å². The van der Waals surface area contributed by atoms with Gasteiger partial charge in [0.1, 0.15) is 6.61 Å². The van der Waals surface area contributed by atoms with Crippen LogP contribution >= 0.6 is 0 Å². The summed E-state index contributed by atoms with van der Waals surface area (Å²) in [5.41, 5.74) is 2.39. The van der Waals surface area contributed by atoms with E-state index in [2.05, 4.69) is 17.2 Å². The number of nitrogens with one attached hydrogen (secondary N) is 1. The van der Waals surface area contributed by atoms with Crippen molar-refractivity contribution in [2.45, 2.75) is 6.92 Å². The lowest BCUT2D eigenvalue weighted by Gasteiger charge is -2.07. The number of furan rings is 1. The first-order valence-corrected chi connectivity index (χ1v) is 5.76. The van der Waals surface area contributed by atoms with Crippen molar-refractivity contribution in [3.63, 3.8) is 0 Å². The monoisotopic (exact) mass is 255 g/mol. The van der Waals surface area contributed by atoms with Gasteiger partial charge in [0.2, 0.25) is 0 Å². The van der Waals surface area contributed by atoms with Crippen molar-refractivity contribution in [2.24, 2.45) is 0 Å². The minimum atomic E-state index is -0.290. The third-order valence-corrected chi connectivity index (χ3v) is 2.53. The fourth-order valence-electron chi connectivity index (χ4n) is 1.61. The number of anilines is 1. The summed E-state index contributed by atoms with van der Waals surface area (Å²) in [6.45, 7) is 1.71. The molecule has 19 heavy (non-hydrogen) atoms. The second-order valence-corrected chi connectivity index (χ2v) is 3.92. The van der Waals surface area contributed by atoms with Gasteiger partial charge >= 0.3 is 0 Å². The Morgan fingerprint density at radius 3 is 2.89 bits per heavy atom. The molecule has 0 spiro atoms. The van der Waals surface area contributed by atoms with Gasteiger partial charge in [-0.1, -0.05) is 11.8 Å². The Morgan fingerprint density at radius 1 is 1.42 bits per heavy atom. The Balaban J connectivity index is 2.15. The number of carbonyl (C=O) groups excluding carboxylic acids is 1. The lowest BCUT2D eigenvalue weighted by atomic mass is 10.1. The molecule has 2 N–H and O–H groups in total. The normalized spacial score (nSPS) is 9.58. The summed E-state index contributed by atoms with van der Waals surface area (Å²) in [4.78, 5) is 11.8. The Kier molecular flexibility index (Phi) is 4.01. The molecule has 0 aliphatic carbocycles. The first kappa shape index (κ1) is 12.9. The number of benzene rings is 1. The molecule has 0 fully saturated rings. The summed E-state index contributed by atoms with van der Waals surface area (Å²) in [5, 5.41) is 11.4. The molecule has 0 aliphatic heterocycles. The fraction of sp³-hybridized carbons (Fsp3) is 0.133. The highest BCUT2D eigenvalue weighted by Gasteiger charge is 2.09. The van der Waals surface area contributed by atoms with E-state index in [0.717, 1.165) is 11.1 Å². The zero-order valence-electron chi connectivity index (χ0n) is 10.4. The molecule has 96 valence electrons. The highest BCUT2D eigenvalue weighted by atomic mass is 16.3.